The lowest BCUT2D eigenvalue weighted by molar-refractivity contribution is -0.129. The van der Waals surface area contributed by atoms with Crippen LogP contribution >= 0.6 is 0 Å². The van der Waals surface area contributed by atoms with Crippen LogP contribution in [0.1, 0.15) is 16.8 Å². The van der Waals surface area contributed by atoms with Gasteiger partial charge in [-0.25, -0.2) is 4.39 Å². The molecule has 1 saturated heterocycles. The summed E-state index contributed by atoms with van der Waals surface area (Å²) in [7, 11) is 1.71. The van der Waals surface area contributed by atoms with Gasteiger partial charge < -0.3 is 15.5 Å². The number of carbonyl (C=O) groups is 2. The number of nitrogens with two attached hydrogens (primary N) is 1. The molecule has 6 heteroatoms. The zero-order chi connectivity index (χ0) is 14.0. The maximum Gasteiger partial charge on any atom is 0.256 e. The van der Waals surface area contributed by atoms with Crippen LogP contribution in [-0.2, 0) is 4.79 Å². The number of carbonyl (C=O) groups excluding carboxylic acids is 2. The number of anilines is 1. The van der Waals surface area contributed by atoms with Crippen molar-refractivity contribution in [3.63, 3.8) is 0 Å². The quantitative estimate of drug-likeness (QED) is 0.761. The third-order valence-corrected chi connectivity index (χ3v) is 3.20. The number of benzene rings is 1. The van der Waals surface area contributed by atoms with Crippen molar-refractivity contribution in [1.82, 2.24) is 9.80 Å². The minimum absolute atomic E-state index is 0.0339. The van der Waals surface area contributed by atoms with E-state index in [1.807, 2.05) is 0 Å². The van der Waals surface area contributed by atoms with Gasteiger partial charge in [-0.15, -0.1) is 0 Å². The first kappa shape index (κ1) is 13.3. The van der Waals surface area contributed by atoms with E-state index in [0.29, 0.717) is 13.1 Å². The molecule has 2 amide bonds. The van der Waals surface area contributed by atoms with Crippen molar-refractivity contribution in [2.75, 3.05) is 32.4 Å². The van der Waals surface area contributed by atoms with Crippen LogP contribution in [0.15, 0.2) is 18.2 Å². The fraction of sp³-hybridized carbons (Fsp3) is 0.385. The predicted octanol–water partition coefficient (Wildman–Crippen LogP) is 0.712. The van der Waals surface area contributed by atoms with Gasteiger partial charge in [-0.2, -0.15) is 0 Å². The fourth-order valence-electron chi connectivity index (χ4n) is 2.06. The van der Waals surface area contributed by atoms with E-state index in [0.717, 1.165) is 12.5 Å². The van der Waals surface area contributed by atoms with E-state index in [2.05, 4.69) is 0 Å². The minimum Gasteiger partial charge on any atom is -0.398 e. The molecule has 2 rings (SSSR count). The van der Waals surface area contributed by atoms with E-state index in [1.165, 1.54) is 17.0 Å². The summed E-state index contributed by atoms with van der Waals surface area (Å²) in [5.74, 6) is -0.923. The number of hydrogen-bond donors (Lipinski definition) is 1. The van der Waals surface area contributed by atoms with Gasteiger partial charge in [0.1, 0.15) is 12.4 Å². The molecule has 2 N–H and O–H groups in total. The van der Waals surface area contributed by atoms with Crippen molar-refractivity contribution >= 4 is 17.5 Å². The summed E-state index contributed by atoms with van der Waals surface area (Å²) in [6, 6.07) is 3.65. The average molecular weight is 265 g/mol. The van der Waals surface area contributed by atoms with E-state index in [9.17, 15) is 14.0 Å². The van der Waals surface area contributed by atoms with Gasteiger partial charge in [0, 0.05) is 25.8 Å². The van der Waals surface area contributed by atoms with Gasteiger partial charge in [-0.3, -0.25) is 9.59 Å². The molecular weight excluding hydrogens is 249 g/mol. The molecule has 1 heterocycles. The van der Waals surface area contributed by atoms with Gasteiger partial charge in [-0.05, 0) is 24.6 Å². The molecule has 0 radical (unpaired) electrons. The van der Waals surface area contributed by atoms with Crippen molar-refractivity contribution in [2.24, 2.45) is 0 Å². The number of nitrogen functional groups attached to an aromatic ring is 1. The van der Waals surface area contributed by atoms with Gasteiger partial charge >= 0.3 is 0 Å². The molecule has 102 valence electrons. The highest BCUT2D eigenvalue weighted by Gasteiger charge is 2.24. The van der Waals surface area contributed by atoms with E-state index in [4.69, 9.17) is 5.73 Å². The summed E-state index contributed by atoms with van der Waals surface area (Å²) in [5.41, 5.74) is 5.97. The van der Waals surface area contributed by atoms with Crippen LogP contribution in [0.2, 0.25) is 0 Å². The first-order valence-corrected chi connectivity index (χ1v) is 6.07. The summed E-state index contributed by atoms with van der Waals surface area (Å²) in [6.45, 7) is 1.15. The second-order valence-electron chi connectivity index (χ2n) is 4.63. The van der Waals surface area contributed by atoms with Crippen LogP contribution in [0.4, 0.5) is 10.1 Å². The van der Waals surface area contributed by atoms with Gasteiger partial charge in [0.05, 0.1) is 5.56 Å². The highest BCUT2D eigenvalue weighted by Crippen LogP contribution is 2.17. The first-order valence-electron chi connectivity index (χ1n) is 6.07. The Morgan fingerprint density at radius 3 is 2.79 bits per heavy atom. The molecule has 1 aliphatic heterocycles. The van der Waals surface area contributed by atoms with Crippen LogP contribution in [0, 0.1) is 5.82 Å². The van der Waals surface area contributed by atoms with E-state index < -0.39 is 5.82 Å². The normalized spacial score (nSPS) is 16.4. The molecule has 0 spiro atoms. The lowest BCUT2D eigenvalue weighted by atomic mass is 10.1. The monoisotopic (exact) mass is 265 g/mol. The minimum atomic E-state index is -0.485. The number of halogens is 1. The summed E-state index contributed by atoms with van der Waals surface area (Å²) in [4.78, 5) is 27.1. The lowest BCUT2D eigenvalue weighted by Crippen LogP contribution is -2.38. The maximum atomic E-state index is 13.0. The fourth-order valence-corrected chi connectivity index (χ4v) is 2.06. The summed E-state index contributed by atoms with van der Waals surface area (Å²) >= 11 is 0. The van der Waals surface area contributed by atoms with Crippen LogP contribution in [0.25, 0.3) is 0 Å². The average Bonchev–Trinajstić information content (AvgIpc) is 2.51. The molecule has 1 aromatic carbocycles. The number of likely N-dealkylation sites (N-methyl/N-ethyl adjacent to an activating group) is 1. The Kier molecular flexibility index (Phi) is 3.69. The third kappa shape index (κ3) is 2.83. The van der Waals surface area contributed by atoms with Crippen LogP contribution in [0.3, 0.4) is 0 Å². The van der Waals surface area contributed by atoms with Gasteiger partial charge in [0.2, 0.25) is 5.91 Å². The molecule has 0 bridgehead atoms. The molecular formula is C13H16FN3O2. The van der Waals surface area contributed by atoms with Crippen molar-refractivity contribution in [2.45, 2.75) is 6.42 Å². The SMILES string of the molecule is CN1CCCN(C(=O)c2ccc(F)cc2N)CC1=O. The molecule has 1 fully saturated rings. The van der Waals surface area contributed by atoms with Crippen LogP contribution in [-0.4, -0.2) is 48.3 Å². The maximum absolute atomic E-state index is 13.0. The lowest BCUT2D eigenvalue weighted by Gasteiger charge is -2.20. The number of nitrogens with zero attached hydrogens (tertiary/aromatic N) is 2. The van der Waals surface area contributed by atoms with Crippen molar-refractivity contribution in [1.29, 1.82) is 0 Å². The topological polar surface area (TPSA) is 66.6 Å². The molecule has 0 saturated carbocycles. The molecule has 1 aromatic rings. The molecule has 0 aromatic heterocycles. The second-order valence-corrected chi connectivity index (χ2v) is 4.63. The summed E-state index contributed by atoms with van der Waals surface area (Å²) in [5, 5.41) is 0. The smallest absolute Gasteiger partial charge is 0.256 e. The molecule has 19 heavy (non-hydrogen) atoms. The number of amides is 2. The molecule has 5 nitrogen and oxygen atoms in total. The molecule has 0 aliphatic carbocycles. The van der Waals surface area contributed by atoms with Crippen LogP contribution in [0.5, 0.6) is 0 Å². The van der Waals surface area contributed by atoms with E-state index in [-0.39, 0.29) is 29.6 Å². The van der Waals surface area contributed by atoms with Crippen LogP contribution < -0.4 is 5.73 Å². The Labute approximate surface area is 110 Å². The Bertz CT molecular complexity index is 519. The van der Waals surface area contributed by atoms with E-state index >= 15 is 0 Å². The zero-order valence-corrected chi connectivity index (χ0v) is 10.7. The largest absolute Gasteiger partial charge is 0.398 e. The standard InChI is InChI=1S/C13H16FN3O2/c1-16-5-2-6-17(8-12(16)18)13(19)10-4-3-9(14)7-11(10)15/h3-4,7H,2,5-6,8,15H2,1H3. The Morgan fingerprint density at radius 2 is 2.11 bits per heavy atom. The Morgan fingerprint density at radius 1 is 1.37 bits per heavy atom. The zero-order valence-electron chi connectivity index (χ0n) is 10.7. The van der Waals surface area contributed by atoms with Gasteiger partial charge in [0.15, 0.2) is 0 Å². The van der Waals surface area contributed by atoms with Crippen molar-refractivity contribution in [3.8, 4) is 0 Å². The highest BCUT2D eigenvalue weighted by atomic mass is 19.1. The summed E-state index contributed by atoms with van der Waals surface area (Å²) < 4.78 is 13.0. The third-order valence-electron chi connectivity index (χ3n) is 3.20. The Balaban J connectivity index is 2.21. The molecule has 0 unspecified atom stereocenters. The van der Waals surface area contributed by atoms with Gasteiger partial charge in [0.25, 0.3) is 5.91 Å². The first-order chi connectivity index (χ1) is 8.99. The van der Waals surface area contributed by atoms with Crippen molar-refractivity contribution < 1.29 is 14.0 Å². The molecule has 1 aliphatic rings. The number of hydrogen-bond acceptors (Lipinski definition) is 3. The van der Waals surface area contributed by atoms with Gasteiger partial charge in [-0.1, -0.05) is 0 Å². The second kappa shape index (κ2) is 5.26. The summed E-state index contributed by atoms with van der Waals surface area (Å²) in [6.07, 6.45) is 0.717. The Hall–Kier alpha value is -2.11. The van der Waals surface area contributed by atoms with Crippen molar-refractivity contribution in [3.05, 3.63) is 29.6 Å². The molecule has 0 atom stereocenters. The highest BCUT2D eigenvalue weighted by molar-refractivity contribution is 6.00. The van der Waals surface area contributed by atoms with E-state index in [1.54, 1.807) is 11.9 Å². The predicted molar refractivity (Wildman–Crippen MR) is 69.0 cm³/mol. The number of rotatable bonds is 1.